The van der Waals surface area contributed by atoms with Crippen LogP contribution in [0.15, 0.2) is 0 Å². The standard InChI is InChI=1S/C13H22ClNO5.C11H16ClNO4/c1-12(2,3)20-11(16)15-6-8(14)9-10(15)13(17-4,18-5)7-19-9;1-11(2,3)17-10(15)13-4-6(12)9-8(13)7(14)5-16-9/h8-10H,6-7H2,1-5H3;6,8-9H,4-5H2,1-3H3/t8-,9-,10+;6-,8-,9-/m11/s1. The number of hydrogen-bond acceptors (Lipinski definition) is 9. The summed E-state index contributed by atoms with van der Waals surface area (Å²) in [6.07, 6.45) is -1.64. The molecule has 0 radical (unpaired) electrons. The molecule has 0 spiro atoms. The van der Waals surface area contributed by atoms with Crippen LogP contribution in [0.3, 0.4) is 0 Å². The van der Waals surface area contributed by atoms with Gasteiger partial charge < -0.3 is 28.4 Å². The van der Waals surface area contributed by atoms with Crippen molar-refractivity contribution in [2.24, 2.45) is 0 Å². The molecule has 0 aromatic heterocycles. The number of halogens is 2. The SMILES string of the molecule is CC(C)(C)OC(=O)N1C[C@@H](Cl)[C@H]2OCC(=O)[C@H]21.COC1(OC)CO[C@@H]2[C@H](Cl)CN(C(=O)OC(C)(C)C)[C@@H]21. The third kappa shape index (κ3) is 6.45. The predicted molar refractivity (Wildman–Crippen MR) is 134 cm³/mol. The Labute approximate surface area is 227 Å². The van der Waals surface area contributed by atoms with Crippen LogP contribution < -0.4 is 0 Å². The van der Waals surface area contributed by atoms with E-state index in [-0.39, 0.29) is 42.4 Å². The second-order valence-corrected chi connectivity index (χ2v) is 12.5. The molecular formula is C24H38Cl2N2O9. The molecule has 0 unspecified atom stereocenters. The number of ketones is 1. The average Bonchev–Trinajstić information content (AvgIpc) is 3.50. The van der Waals surface area contributed by atoms with Gasteiger partial charge in [-0.15, -0.1) is 23.2 Å². The van der Waals surface area contributed by atoms with Crippen LogP contribution in [0, 0.1) is 0 Å². The van der Waals surface area contributed by atoms with Crippen molar-refractivity contribution in [1.29, 1.82) is 0 Å². The van der Waals surface area contributed by atoms with Gasteiger partial charge in [0.05, 0.1) is 10.8 Å². The zero-order valence-corrected chi connectivity index (χ0v) is 24.1. The van der Waals surface area contributed by atoms with Crippen molar-refractivity contribution in [3.8, 4) is 0 Å². The minimum atomic E-state index is -0.995. The van der Waals surface area contributed by atoms with Crippen LogP contribution in [0.4, 0.5) is 9.59 Å². The molecule has 11 nitrogen and oxygen atoms in total. The quantitative estimate of drug-likeness (QED) is 0.366. The molecule has 4 aliphatic heterocycles. The molecule has 0 aliphatic carbocycles. The molecule has 0 bridgehead atoms. The van der Waals surface area contributed by atoms with E-state index in [0.29, 0.717) is 6.54 Å². The summed E-state index contributed by atoms with van der Waals surface area (Å²) in [5.41, 5.74) is -1.15. The Morgan fingerprint density at radius 3 is 1.86 bits per heavy atom. The molecule has 0 aromatic rings. The van der Waals surface area contributed by atoms with Crippen molar-refractivity contribution in [2.45, 2.75) is 93.6 Å². The molecule has 4 aliphatic rings. The average molecular weight is 569 g/mol. The Balaban J connectivity index is 0.000000208. The van der Waals surface area contributed by atoms with Gasteiger partial charge in [-0.1, -0.05) is 0 Å². The molecule has 4 heterocycles. The molecule has 0 aromatic carbocycles. The number of hydrogen-bond donors (Lipinski definition) is 0. The highest BCUT2D eigenvalue weighted by atomic mass is 35.5. The highest BCUT2D eigenvalue weighted by Gasteiger charge is 2.62. The molecule has 212 valence electrons. The van der Waals surface area contributed by atoms with E-state index in [4.69, 9.17) is 51.6 Å². The first-order valence-corrected chi connectivity index (χ1v) is 13.0. The van der Waals surface area contributed by atoms with Crippen LogP contribution in [0.5, 0.6) is 0 Å². The molecule has 13 heteroatoms. The number of fused-ring (bicyclic) bond motifs is 2. The first-order valence-electron chi connectivity index (χ1n) is 12.2. The summed E-state index contributed by atoms with van der Waals surface area (Å²) in [5, 5.41) is -0.654. The normalized spacial score (nSPS) is 32.5. The topological polar surface area (TPSA) is 113 Å². The zero-order valence-electron chi connectivity index (χ0n) is 22.6. The lowest BCUT2D eigenvalue weighted by Gasteiger charge is -2.36. The number of Topliss-reactive ketones (excluding diaryl/α,β-unsaturated/α-hetero) is 1. The lowest BCUT2D eigenvalue weighted by molar-refractivity contribution is -0.224. The number of carbonyl (C=O) groups is 3. The molecule has 4 saturated heterocycles. The fraction of sp³-hybridized carbons (Fsp3) is 0.875. The third-order valence-corrected chi connectivity index (χ3v) is 7.14. The minimum absolute atomic E-state index is 0.0256. The maximum Gasteiger partial charge on any atom is 0.411 e. The summed E-state index contributed by atoms with van der Waals surface area (Å²) in [5.74, 6) is -1.10. The maximum absolute atomic E-state index is 12.3. The van der Waals surface area contributed by atoms with E-state index >= 15 is 0 Å². The van der Waals surface area contributed by atoms with Crippen LogP contribution in [-0.4, -0.2) is 120 Å². The fourth-order valence-corrected chi connectivity index (χ4v) is 5.54. The van der Waals surface area contributed by atoms with E-state index in [0.717, 1.165) is 0 Å². The van der Waals surface area contributed by atoms with Gasteiger partial charge in [0, 0.05) is 27.3 Å². The largest absolute Gasteiger partial charge is 0.444 e. The van der Waals surface area contributed by atoms with Gasteiger partial charge in [-0.3, -0.25) is 14.6 Å². The number of likely N-dealkylation sites (tertiary alicyclic amines) is 2. The van der Waals surface area contributed by atoms with Gasteiger partial charge in [-0.25, -0.2) is 9.59 Å². The molecule has 0 N–H and O–H groups in total. The van der Waals surface area contributed by atoms with Crippen molar-refractivity contribution < 1.29 is 42.8 Å². The number of nitrogens with zero attached hydrogens (tertiary/aromatic N) is 2. The van der Waals surface area contributed by atoms with Crippen LogP contribution in [0.25, 0.3) is 0 Å². The number of methoxy groups -OCH3 is 2. The van der Waals surface area contributed by atoms with E-state index in [1.807, 2.05) is 20.8 Å². The highest BCUT2D eigenvalue weighted by Crippen LogP contribution is 2.41. The van der Waals surface area contributed by atoms with Gasteiger partial charge in [0.15, 0.2) is 5.78 Å². The number of ether oxygens (including phenoxy) is 6. The van der Waals surface area contributed by atoms with E-state index in [2.05, 4.69) is 0 Å². The zero-order chi connectivity index (χ0) is 27.9. The van der Waals surface area contributed by atoms with E-state index < -0.39 is 47.4 Å². The lowest BCUT2D eigenvalue weighted by Crippen LogP contribution is -2.55. The summed E-state index contributed by atoms with van der Waals surface area (Å²) in [6.45, 7) is 11.7. The van der Waals surface area contributed by atoms with E-state index in [1.165, 1.54) is 19.1 Å². The lowest BCUT2D eigenvalue weighted by atomic mass is 10.1. The number of carbonyl (C=O) groups excluding carboxylic acids is 3. The number of alkyl halides is 2. The van der Waals surface area contributed by atoms with Crippen LogP contribution in [-0.2, 0) is 33.2 Å². The molecule has 4 fully saturated rings. The van der Waals surface area contributed by atoms with Crippen molar-refractivity contribution in [2.75, 3.05) is 40.5 Å². The first kappa shape index (κ1) is 30.2. The van der Waals surface area contributed by atoms with Gasteiger partial charge in [0.1, 0.15) is 48.7 Å². The van der Waals surface area contributed by atoms with Crippen LogP contribution in [0.2, 0.25) is 0 Å². The third-order valence-electron chi connectivity index (χ3n) is 6.37. The Kier molecular flexibility index (Phi) is 8.98. The molecule has 4 rings (SSSR count). The Morgan fingerprint density at radius 1 is 0.865 bits per heavy atom. The van der Waals surface area contributed by atoms with Gasteiger partial charge in [0.2, 0.25) is 5.79 Å². The van der Waals surface area contributed by atoms with E-state index in [9.17, 15) is 14.4 Å². The minimum Gasteiger partial charge on any atom is -0.444 e. The molecule has 0 saturated carbocycles. The summed E-state index contributed by atoms with van der Waals surface area (Å²) in [7, 11) is 3.06. The Morgan fingerprint density at radius 2 is 1.35 bits per heavy atom. The van der Waals surface area contributed by atoms with E-state index in [1.54, 1.807) is 25.7 Å². The monoisotopic (exact) mass is 568 g/mol. The van der Waals surface area contributed by atoms with Gasteiger partial charge in [0.25, 0.3) is 0 Å². The summed E-state index contributed by atoms with van der Waals surface area (Å²) in [6, 6.07) is -0.984. The first-order chi connectivity index (χ1) is 17.0. The van der Waals surface area contributed by atoms with Crippen LogP contribution >= 0.6 is 23.2 Å². The predicted octanol–water partition coefficient (Wildman–Crippen LogP) is 2.78. The van der Waals surface area contributed by atoms with Crippen molar-refractivity contribution >= 4 is 41.2 Å². The van der Waals surface area contributed by atoms with Gasteiger partial charge in [-0.2, -0.15) is 0 Å². The maximum atomic E-state index is 12.3. The summed E-state index contributed by atoms with van der Waals surface area (Å²) < 4.78 is 32.5. The van der Waals surface area contributed by atoms with Crippen molar-refractivity contribution in [3.63, 3.8) is 0 Å². The summed E-state index contributed by atoms with van der Waals surface area (Å²) in [4.78, 5) is 38.9. The molecule has 37 heavy (non-hydrogen) atoms. The molecule has 2 amide bonds. The highest BCUT2D eigenvalue weighted by molar-refractivity contribution is 6.22. The second kappa shape index (κ2) is 11.0. The van der Waals surface area contributed by atoms with Gasteiger partial charge >= 0.3 is 12.2 Å². The second-order valence-electron chi connectivity index (χ2n) is 11.4. The summed E-state index contributed by atoms with van der Waals surface area (Å²) >= 11 is 12.3. The Hall–Kier alpha value is -1.37. The number of amides is 2. The van der Waals surface area contributed by atoms with Gasteiger partial charge in [-0.05, 0) is 41.5 Å². The Bertz CT molecular complexity index is 871. The molecule has 6 atom stereocenters. The fourth-order valence-electron chi connectivity index (χ4n) is 4.82. The number of rotatable bonds is 2. The molecular weight excluding hydrogens is 531 g/mol. The van der Waals surface area contributed by atoms with Crippen molar-refractivity contribution in [1.82, 2.24) is 9.80 Å². The van der Waals surface area contributed by atoms with Crippen molar-refractivity contribution in [3.05, 3.63) is 0 Å². The smallest absolute Gasteiger partial charge is 0.411 e. The van der Waals surface area contributed by atoms with Crippen LogP contribution in [0.1, 0.15) is 41.5 Å².